The average molecular weight is 448 g/mol. The summed E-state index contributed by atoms with van der Waals surface area (Å²) in [7, 11) is 1.49. The van der Waals surface area contributed by atoms with Crippen molar-refractivity contribution in [3.63, 3.8) is 0 Å². The quantitative estimate of drug-likeness (QED) is 0.529. The third kappa shape index (κ3) is 6.32. The van der Waals surface area contributed by atoms with Gasteiger partial charge in [-0.05, 0) is 54.3 Å². The lowest BCUT2D eigenvalue weighted by atomic mass is 9.87. The molecule has 2 aromatic carbocycles. The first-order valence-corrected chi connectivity index (χ1v) is 10.6. The molecular weight excluding hydrogens is 418 g/mol. The van der Waals surface area contributed by atoms with Crippen LogP contribution in [-0.4, -0.2) is 30.0 Å². The normalized spacial score (nSPS) is 11.9. The second-order valence-corrected chi connectivity index (χ2v) is 8.64. The van der Waals surface area contributed by atoms with Gasteiger partial charge in [0, 0.05) is 24.1 Å². The minimum atomic E-state index is -0.712. The van der Waals surface area contributed by atoms with E-state index in [0.717, 1.165) is 5.56 Å². The van der Waals surface area contributed by atoms with Gasteiger partial charge < -0.3 is 20.1 Å². The molecule has 3 aromatic rings. The molecule has 33 heavy (non-hydrogen) atoms. The molecule has 0 bridgehead atoms. The van der Waals surface area contributed by atoms with Crippen LogP contribution < -0.4 is 20.1 Å². The lowest BCUT2D eigenvalue weighted by molar-refractivity contribution is -0.122. The van der Waals surface area contributed by atoms with Gasteiger partial charge >= 0.3 is 0 Å². The van der Waals surface area contributed by atoms with E-state index in [9.17, 15) is 9.59 Å². The Morgan fingerprint density at radius 2 is 1.79 bits per heavy atom. The zero-order valence-electron chi connectivity index (χ0n) is 19.5. The number of methoxy groups -OCH3 is 1. The molecule has 0 spiro atoms. The number of amides is 2. The molecule has 0 saturated heterocycles. The molecule has 1 unspecified atom stereocenters. The molecule has 7 nitrogen and oxygen atoms in total. The Morgan fingerprint density at radius 1 is 1.00 bits per heavy atom. The van der Waals surface area contributed by atoms with Gasteiger partial charge in [-0.2, -0.15) is 0 Å². The molecule has 0 fully saturated rings. The van der Waals surface area contributed by atoms with Gasteiger partial charge in [-0.25, -0.2) is 0 Å². The number of ether oxygens (including phenoxy) is 2. The number of hydrogen-bond donors (Lipinski definition) is 2. The van der Waals surface area contributed by atoms with Crippen molar-refractivity contribution in [3.8, 4) is 11.5 Å². The maximum Gasteiger partial charge on any atom is 0.265 e. The number of aromatic nitrogens is 1. The van der Waals surface area contributed by atoms with Crippen LogP contribution in [0, 0.1) is 0 Å². The summed E-state index contributed by atoms with van der Waals surface area (Å²) in [6.07, 6.45) is 2.37. The molecule has 0 aliphatic carbocycles. The van der Waals surface area contributed by atoms with E-state index in [2.05, 4.69) is 36.4 Å². The summed E-state index contributed by atoms with van der Waals surface area (Å²) >= 11 is 0. The van der Waals surface area contributed by atoms with Gasteiger partial charge in [0.25, 0.3) is 11.8 Å². The van der Waals surface area contributed by atoms with Crippen LogP contribution in [-0.2, 0) is 10.2 Å². The second-order valence-electron chi connectivity index (χ2n) is 8.64. The third-order valence-corrected chi connectivity index (χ3v) is 5.02. The molecule has 0 radical (unpaired) electrons. The Bertz CT molecular complexity index is 1120. The number of anilines is 2. The van der Waals surface area contributed by atoms with E-state index >= 15 is 0 Å². The highest BCUT2D eigenvalue weighted by molar-refractivity contribution is 6.05. The van der Waals surface area contributed by atoms with Crippen molar-refractivity contribution in [1.82, 2.24) is 4.98 Å². The summed E-state index contributed by atoms with van der Waals surface area (Å²) in [4.78, 5) is 29.0. The van der Waals surface area contributed by atoms with Crippen molar-refractivity contribution in [2.75, 3.05) is 17.7 Å². The molecule has 7 heteroatoms. The number of nitrogens with one attached hydrogen (secondary N) is 2. The summed E-state index contributed by atoms with van der Waals surface area (Å²) in [6, 6.07) is 16.1. The zero-order valence-corrected chi connectivity index (χ0v) is 19.5. The summed E-state index contributed by atoms with van der Waals surface area (Å²) in [6.45, 7) is 8.06. The van der Waals surface area contributed by atoms with Crippen LogP contribution in [0.5, 0.6) is 11.5 Å². The molecule has 0 saturated carbocycles. The summed E-state index contributed by atoms with van der Waals surface area (Å²) in [5.74, 6) is 0.440. The SMILES string of the molecule is COc1cc(NC(=O)C(C)Oc2cccc(C(C)(C)C)c2)ccc1NC(=O)c1cccnc1. The fourth-order valence-electron chi connectivity index (χ4n) is 3.10. The Labute approximate surface area is 194 Å². The van der Waals surface area contributed by atoms with E-state index in [1.807, 2.05) is 24.3 Å². The van der Waals surface area contributed by atoms with Crippen LogP contribution in [0.2, 0.25) is 0 Å². The predicted molar refractivity (Wildman–Crippen MR) is 129 cm³/mol. The molecule has 3 rings (SSSR count). The van der Waals surface area contributed by atoms with Crippen LogP contribution in [0.3, 0.4) is 0 Å². The van der Waals surface area contributed by atoms with E-state index in [1.54, 1.807) is 43.5 Å². The van der Waals surface area contributed by atoms with Crippen LogP contribution in [0.1, 0.15) is 43.6 Å². The van der Waals surface area contributed by atoms with Gasteiger partial charge in [-0.3, -0.25) is 14.6 Å². The average Bonchev–Trinajstić information content (AvgIpc) is 2.80. The van der Waals surface area contributed by atoms with Gasteiger partial charge in [-0.1, -0.05) is 32.9 Å². The predicted octanol–water partition coefficient (Wildman–Crippen LogP) is 5.05. The maximum absolute atomic E-state index is 12.7. The van der Waals surface area contributed by atoms with E-state index in [1.165, 1.54) is 13.3 Å². The van der Waals surface area contributed by atoms with Gasteiger partial charge in [0.05, 0.1) is 18.4 Å². The van der Waals surface area contributed by atoms with Crippen LogP contribution in [0.4, 0.5) is 11.4 Å². The highest BCUT2D eigenvalue weighted by atomic mass is 16.5. The highest BCUT2D eigenvalue weighted by Crippen LogP contribution is 2.29. The second kappa shape index (κ2) is 10.2. The van der Waals surface area contributed by atoms with E-state index in [4.69, 9.17) is 9.47 Å². The Hall–Kier alpha value is -3.87. The minimum absolute atomic E-state index is 0.0182. The van der Waals surface area contributed by atoms with Crippen molar-refractivity contribution in [2.45, 2.75) is 39.2 Å². The first-order valence-electron chi connectivity index (χ1n) is 10.6. The molecular formula is C26H29N3O4. The molecule has 1 atom stereocenters. The van der Waals surface area contributed by atoms with Crippen molar-refractivity contribution in [3.05, 3.63) is 78.1 Å². The standard InChI is InChI=1S/C26H29N3O4/c1-17(33-21-10-6-9-19(14-21)26(2,3)4)24(30)28-20-11-12-22(23(15-20)32-5)29-25(31)18-8-7-13-27-16-18/h6-17H,1-5H3,(H,28,30)(H,29,31). The smallest absolute Gasteiger partial charge is 0.265 e. The number of carbonyl (C=O) groups excluding carboxylic acids is 2. The van der Waals surface area contributed by atoms with Crippen LogP contribution >= 0.6 is 0 Å². The van der Waals surface area contributed by atoms with Crippen LogP contribution in [0.15, 0.2) is 67.0 Å². The van der Waals surface area contributed by atoms with E-state index < -0.39 is 6.10 Å². The van der Waals surface area contributed by atoms with Crippen molar-refractivity contribution in [2.24, 2.45) is 0 Å². The lowest BCUT2D eigenvalue weighted by Gasteiger charge is -2.21. The minimum Gasteiger partial charge on any atom is -0.494 e. The molecule has 1 aromatic heterocycles. The van der Waals surface area contributed by atoms with Gasteiger partial charge in [0.1, 0.15) is 11.5 Å². The van der Waals surface area contributed by atoms with Crippen LogP contribution in [0.25, 0.3) is 0 Å². The summed E-state index contributed by atoms with van der Waals surface area (Å²) < 4.78 is 11.3. The van der Waals surface area contributed by atoms with Crippen molar-refractivity contribution < 1.29 is 19.1 Å². The first kappa shape index (κ1) is 23.8. The topological polar surface area (TPSA) is 89.5 Å². The molecule has 1 heterocycles. The third-order valence-electron chi connectivity index (χ3n) is 5.02. The highest BCUT2D eigenvalue weighted by Gasteiger charge is 2.19. The first-order chi connectivity index (χ1) is 15.7. The van der Waals surface area contributed by atoms with E-state index in [-0.39, 0.29) is 17.2 Å². The molecule has 0 aliphatic rings. The number of carbonyl (C=O) groups is 2. The monoisotopic (exact) mass is 447 g/mol. The largest absolute Gasteiger partial charge is 0.494 e. The number of hydrogen-bond acceptors (Lipinski definition) is 5. The number of nitrogens with zero attached hydrogens (tertiary/aromatic N) is 1. The number of benzene rings is 2. The maximum atomic E-state index is 12.7. The van der Waals surface area contributed by atoms with Crippen molar-refractivity contribution in [1.29, 1.82) is 0 Å². The van der Waals surface area contributed by atoms with Gasteiger partial charge in [0.15, 0.2) is 6.10 Å². The Balaban J connectivity index is 1.66. The fraction of sp³-hybridized carbons (Fsp3) is 0.269. The van der Waals surface area contributed by atoms with Gasteiger partial charge in [0.2, 0.25) is 0 Å². The molecule has 2 N–H and O–H groups in total. The Kier molecular flexibility index (Phi) is 7.33. The van der Waals surface area contributed by atoms with Crippen molar-refractivity contribution >= 4 is 23.2 Å². The summed E-state index contributed by atoms with van der Waals surface area (Å²) in [5.41, 5.74) is 2.54. The lowest BCUT2D eigenvalue weighted by Crippen LogP contribution is -2.30. The van der Waals surface area contributed by atoms with Gasteiger partial charge in [-0.15, -0.1) is 0 Å². The molecule has 172 valence electrons. The van der Waals surface area contributed by atoms with E-state index in [0.29, 0.717) is 28.4 Å². The summed E-state index contributed by atoms with van der Waals surface area (Å²) in [5, 5.41) is 5.62. The fourth-order valence-corrected chi connectivity index (χ4v) is 3.10. The number of pyridine rings is 1. The number of rotatable bonds is 7. The molecule has 0 aliphatic heterocycles. The zero-order chi connectivity index (χ0) is 24.0. The Morgan fingerprint density at radius 3 is 2.45 bits per heavy atom. The molecule has 2 amide bonds.